The molecule has 12 aromatic rings. The number of H-pyrrole nitrogens is 1. The maximum atomic E-state index is 5.06. The highest BCUT2D eigenvalue weighted by atomic mass is 31.1. The summed E-state index contributed by atoms with van der Waals surface area (Å²) in [7, 11) is -1.18. The highest BCUT2D eigenvalue weighted by Gasteiger charge is 2.26. The minimum absolute atomic E-state index is 1.04. The number of hydrogen-bond donors (Lipinski definition) is 1. The van der Waals surface area contributed by atoms with E-state index in [9.17, 15) is 0 Å². The molecule has 9 aromatic carbocycles. The van der Waals surface area contributed by atoms with Crippen molar-refractivity contribution >= 4 is 121 Å². The molecule has 0 aliphatic heterocycles. The van der Waals surface area contributed by atoms with Crippen LogP contribution in [0.5, 0.6) is 0 Å². The quantitative estimate of drug-likeness (QED) is 0.147. The van der Waals surface area contributed by atoms with Crippen molar-refractivity contribution in [1.82, 2.24) is 15.0 Å². The molecule has 0 amide bonds. The van der Waals surface area contributed by atoms with Crippen LogP contribution in [0.2, 0.25) is 0 Å². The smallest absolute Gasteiger partial charge is 0.0786 e. The molecule has 0 bridgehead atoms. The first-order chi connectivity index (χ1) is 26.8. The number of hydrogen-bond acceptors (Lipinski definition) is 2. The van der Waals surface area contributed by atoms with Gasteiger partial charge in [-0.3, -0.25) is 9.97 Å². The lowest BCUT2D eigenvalue weighted by Gasteiger charge is -2.26. The summed E-state index contributed by atoms with van der Waals surface area (Å²) in [5, 5.41) is 22.4. The third-order valence-corrected chi connectivity index (χ3v) is 14.0. The zero-order valence-electron chi connectivity index (χ0n) is 29.1. The minimum atomic E-state index is -1.18. The first kappa shape index (κ1) is 29.9. The van der Waals surface area contributed by atoms with E-state index in [1.165, 1.54) is 91.5 Å². The molecule has 3 heterocycles. The minimum Gasteiger partial charge on any atom is -0.361 e. The Morgan fingerprint density at radius 2 is 0.704 bits per heavy atom. The second-order valence-corrected chi connectivity index (χ2v) is 16.4. The van der Waals surface area contributed by atoms with Gasteiger partial charge in [-0.05, 0) is 85.1 Å². The normalized spacial score (nSPS) is 12.2. The van der Waals surface area contributed by atoms with E-state index in [-0.39, 0.29) is 0 Å². The van der Waals surface area contributed by atoms with Crippen molar-refractivity contribution in [3.8, 4) is 0 Å². The fourth-order valence-corrected chi connectivity index (χ4v) is 11.9. The SMILES string of the molecule is c1cnc2c(c1)ccc1cccc(P(c3cccc4ccc5cccnc5c34)c3cccc4ccc5ccc6ccc7ccc8cc[nH]c8c7c6c5c34)c12. The number of nitrogens with one attached hydrogen (secondary N) is 1. The van der Waals surface area contributed by atoms with Crippen LogP contribution >= 0.6 is 7.92 Å². The molecule has 1 N–H and O–H groups in total. The molecule has 0 spiro atoms. The number of pyridine rings is 2. The zero-order chi connectivity index (χ0) is 35.3. The Morgan fingerprint density at radius 1 is 0.315 bits per heavy atom. The number of aromatic amines is 1. The molecule has 0 saturated carbocycles. The van der Waals surface area contributed by atoms with Crippen LogP contribution in [-0.2, 0) is 0 Å². The summed E-state index contributed by atoms with van der Waals surface area (Å²) in [6.07, 6.45) is 5.93. The molecule has 250 valence electrons. The van der Waals surface area contributed by atoms with Crippen LogP contribution in [-0.4, -0.2) is 15.0 Å². The van der Waals surface area contributed by atoms with Crippen molar-refractivity contribution in [2.75, 3.05) is 0 Å². The summed E-state index contributed by atoms with van der Waals surface area (Å²) in [6.45, 7) is 0. The van der Waals surface area contributed by atoms with E-state index in [2.05, 4.69) is 157 Å². The molecule has 3 aromatic heterocycles. The molecule has 0 radical (unpaired) electrons. The third-order valence-electron chi connectivity index (χ3n) is 11.4. The predicted molar refractivity (Wildman–Crippen MR) is 233 cm³/mol. The standard InChI is InChI=1S/C50H30N3P/c1-6-30-14-15-33-16-17-34-18-19-35-22-25-38-26-29-53-50(38)47(35)46(34)45(33)42(30)39(11-1)54(40-12-2-7-31-20-23-36-9-4-27-51-48(36)43(31)40)41-13-3-8-32-21-24-37-10-5-28-52-49(37)44(32)41/h1-29,53H. The van der Waals surface area contributed by atoms with Gasteiger partial charge in [-0.15, -0.1) is 0 Å². The summed E-state index contributed by atoms with van der Waals surface area (Å²) in [4.78, 5) is 13.7. The average molecular weight is 704 g/mol. The Balaban J connectivity index is 1.32. The van der Waals surface area contributed by atoms with Crippen LogP contribution in [0, 0.1) is 0 Å². The van der Waals surface area contributed by atoms with Crippen molar-refractivity contribution in [2.24, 2.45) is 0 Å². The Morgan fingerprint density at radius 3 is 1.24 bits per heavy atom. The molecule has 0 unspecified atom stereocenters. The van der Waals surface area contributed by atoms with Crippen molar-refractivity contribution in [2.45, 2.75) is 0 Å². The van der Waals surface area contributed by atoms with Crippen LogP contribution < -0.4 is 15.9 Å². The molecule has 0 atom stereocenters. The van der Waals surface area contributed by atoms with Gasteiger partial charge in [0.2, 0.25) is 0 Å². The summed E-state index contributed by atoms with van der Waals surface area (Å²) in [6, 6.07) is 58.4. The van der Waals surface area contributed by atoms with E-state index in [0.29, 0.717) is 0 Å². The Hall–Kier alpha value is -6.67. The van der Waals surface area contributed by atoms with Crippen LogP contribution in [0.25, 0.3) is 97.3 Å². The van der Waals surface area contributed by atoms with Gasteiger partial charge >= 0.3 is 0 Å². The predicted octanol–water partition coefficient (Wildman–Crippen LogP) is 11.9. The second-order valence-electron chi connectivity index (χ2n) is 14.2. The Bertz CT molecular complexity index is 3400. The lowest BCUT2D eigenvalue weighted by molar-refractivity contribution is 1.43. The summed E-state index contributed by atoms with van der Waals surface area (Å²) >= 11 is 0. The summed E-state index contributed by atoms with van der Waals surface area (Å²) < 4.78 is 0. The summed E-state index contributed by atoms with van der Waals surface area (Å²) in [5.74, 6) is 0. The van der Waals surface area contributed by atoms with Gasteiger partial charge in [0.1, 0.15) is 0 Å². The van der Waals surface area contributed by atoms with E-state index < -0.39 is 7.92 Å². The van der Waals surface area contributed by atoms with Gasteiger partial charge in [0.15, 0.2) is 0 Å². The second kappa shape index (κ2) is 11.4. The maximum Gasteiger partial charge on any atom is 0.0786 e. The molecular formula is C50H30N3P. The highest BCUT2D eigenvalue weighted by molar-refractivity contribution is 7.81. The number of aromatic nitrogens is 3. The molecule has 4 heteroatoms. The lowest BCUT2D eigenvalue weighted by atomic mass is 9.92. The van der Waals surface area contributed by atoms with Gasteiger partial charge in [0.05, 0.1) is 16.6 Å². The molecule has 12 rings (SSSR count). The van der Waals surface area contributed by atoms with Crippen LogP contribution in [0.4, 0.5) is 0 Å². The van der Waals surface area contributed by atoms with E-state index in [0.717, 1.165) is 21.8 Å². The topological polar surface area (TPSA) is 41.6 Å². The number of benzene rings is 9. The molecule has 0 aliphatic carbocycles. The van der Waals surface area contributed by atoms with E-state index in [1.54, 1.807) is 0 Å². The van der Waals surface area contributed by atoms with Gasteiger partial charge in [0.25, 0.3) is 0 Å². The van der Waals surface area contributed by atoms with Crippen molar-refractivity contribution in [3.05, 3.63) is 176 Å². The molecule has 0 fully saturated rings. The van der Waals surface area contributed by atoms with Gasteiger partial charge in [0, 0.05) is 56.3 Å². The lowest BCUT2D eigenvalue weighted by Crippen LogP contribution is -2.23. The largest absolute Gasteiger partial charge is 0.361 e. The number of rotatable bonds is 3. The fourth-order valence-electron chi connectivity index (χ4n) is 9.07. The number of nitrogens with zero attached hydrogens (tertiary/aromatic N) is 2. The van der Waals surface area contributed by atoms with E-state index >= 15 is 0 Å². The van der Waals surface area contributed by atoms with E-state index in [1.807, 2.05) is 24.5 Å². The number of fused-ring (bicyclic) bond motifs is 15. The van der Waals surface area contributed by atoms with Gasteiger partial charge in [-0.1, -0.05) is 140 Å². The van der Waals surface area contributed by atoms with Gasteiger partial charge in [-0.2, -0.15) is 0 Å². The van der Waals surface area contributed by atoms with Gasteiger partial charge in [-0.25, -0.2) is 0 Å². The van der Waals surface area contributed by atoms with Crippen molar-refractivity contribution < 1.29 is 0 Å². The highest BCUT2D eigenvalue weighted by Crippen LogP contribution is 2.46. The maximum absolute atomic E-state index is 5.06. The van der Waals surface area contributed by atoms with E-state index in [4.69, 9.17) is 9.97 Å². The van der Waals surface area contributed by atoms with Crippen molar-refractivity contribution in [3.63, 3.8) is 0 Å². The monoisotopic (exact) mass is 703 g/mol. The van der Waals surface area contributed by atoms with Crippen LogP contribution in [0.1, 0.15) is 0 Å². The first-order valence-electron chi connectivity index (χ1n) is 18.4. The third kappa shape index (κ3) is 4.22. The van der Waals surface area contributed by atoms with Gasteiger partial charge < -0.3 is 4.98 Å². The molecule has 3 nitrogen and oxygen atoms in total. The Kier molecular flexibility index (Phi) is 6.31. The summed E-state index contributed by atoms with van der Waals surface area (Å²) in [5.41, 5.74) is 3.26. The molecule has 0 saturated heterocycles. The average Bonchev–Trinajstić information content (AvgIpc) is 3.73. The van der Waals surface area contributed by atoms with Crippen LogP contribution in [0.15, 0.2) is 176 Å². The molecule has 0 aliphatic rings. The fraction of sp³-hybridized carbons (Fsp3) is 0. The van der Waals surface area contributed by atoms with Crippen LogP contribution in [0.3, 0.4) is 0 Å². The molecular weight excluding hydrogens is 674 g/mol. The molecule has 54 heavy (non-hydrogen) atoms. The van der Waals surface area contributed by atoms with Crippen molar-refractivity contribution in [1.29, 1.82) is 0 Å². The Labute approximate surface area is 311 Å². The first-order valence-corrected chi connectivity index (χ1v) is 19.7. The zero-order valence-corrected chi connectivity index (χ0v) is 30.0.